The van der Waals surface area contributed by atoms with Gasteiger partial charge in [0.1, 0.15) is 5.76 Å². The fourth-order valence-electron chi connectivity index (χ4n) is 1.12. The molecule has 1 atom stereocenters. The number of methoxy groups -OCH3 is 1. The molecule has 0 fully saturated rings. The summed E-state index contributed by atoms with van der Waals surface area (Å²) < 4.78 is 10.7. The number of hydrogen-bond donors (Lipinski definition) is 0. The highest BCUT2D eigenvalue weighted by molar-refractivity contribution is 5.15. The first-order chi connectivity index (χ1) is 6.21. The van der Waals surface area contributed by atoms with Crippen molar-refractivity contribution in [3.8, 4) is 0 Å². The Kier molecular flexibility index (Phi) is 6.11. The minimum atomic E-state index is 0.379. The van der Waals surface area contributed by atoms with E-state index < -0.39 is 0 Å². The molecule has 0 spiro atoms. The second-order valence-electron chi connectivity index (χ2n) is 2.88. The van der Waals surface area contributed by atoms with Crippen LogP contribution in [0.1, 0.15) is 27.2 Å². The van der Waals surface area contributed by atoms with Crippen LogP contribution in [0.3, 0.4) is 0 Å². The maximum absolute atomic E-state index is 5.40. The zero-order chi connectivity index (χ0) is 10.3. The molecule has 0 aromatic carbocycles. The molecule has 0 saturated carbocycles. The Labute approximate surface area is 81.2 Å². The lowest BCUT2D eigenvalue weighted by Crippen LogP contribution is -2.05. The molecule has 0 heterocycles. The van der Waals surface area contributed by atoms with Gasteiger partial charge in [0.05, 0.1) is 13.7 Å². The van der Waals surface area contributed by atoms with Crippen molar-refractivity contribution in [1.29, 1.82) is 0 Å². The van der Waals surface area contributed by atoms with Crippen LogP contribution in [0.15, 0.2) is 24.2 Å². The van der Waals surface area contributed by atoms with Gasteiger partial charge in [-0.1, -0.05) is 20.4 Å². The Morgan fingerprint density at radius 3 is 2.38 bits per heavy atom. The van der Waals surface area contributed by atoms with E-state index in [0.717, 1.165) is 17.9 Å². The second kappa shape index (κ2) is 6.58. The van der Waals surface area contributed by atoms with Gasteiger partial charge in [0.15, 0.2) is 5.76 Å². The van der Waals surface area contributed by atoms with E-state index in [9.17, 15) is 0 Å². The lowest BCUT2D eigenvalue weighted by atomic mass is 10.1. The van der Waals surface area contributed by atoms with Gasteiger partial charge in [-0.15, -0.1) is 0 Å². The molecule has 76 valence electrons. The van der Waals surface area contributed by atoms with Crippen molar-refractivity contribution in [3.05, 3.63) is 24.2 Å². The van der Waals surface area contributed by atoms with E-state index in [-0.39, 0.29) is 0 Å². The number of allylic oxidation sites excluding steroid dienone is 2. The van der Waals surface area contributed by atoms with Gasteiger partial charge in [-0.25, -0.2) is 0 Å². The quantitative estimate of drug-likeness (QED) is 0.466. The van der Waals surface area contributed by atoms with Crippen molar-refractivity contribution in [2.24, 2.45) is 5.92 Å². The van der Waals surface area contributed by atoms with E-state index >= 15 is 0 Å². The molecule has 13 heavy (non-hydrogen) atoms. The van der Waals surface area contributed by atoms with Gasteiger partial charge in [0, 0.05) is 5.92 Å². The first-order valence-corrected chi connectivity index (χ1v) is 4.74. The number of rotatable bonds is 6. The summed E-state index contributed by atoms with van der Waals surface area (Å²) >= 11 is 0. The van der Waals surface area contributed by atoms with Crippen LogP contribution < -0.4 is 0 Å². The van der Waals surface area contributed by atoms with Crippen LogP contribution in [0.25, 0.3) is 0 Å². The third kappa shape index (κ3) is 3.53. The summed E-state index contributed by atoms with van der Waals surface area (Å²) in [5, 5.41) is 0. The molecule has 0 N–H and O–H groups in total. The van der Waals surface area contributed by atoms with Crippen LogP contribution in [0.2, 0.25) is 0 Å². The van der Waals surface area contributed by atoms with Crippen LogP contribution in [0.5, 0.6) is 0 Å². The van der Waals surface area contributed by atoms with Crippen molar-refractivity contribution in [2.75, 3.05) is 13.7 Å². The monoisotopic (exact) mass is 184 g/mol. The number of hydrogen-bond acceptors (Lipinski definition) is 2. The molecule has 2 heteroatoms. The summed E-state index contributed by atoms with van der Waals surface area (Å²) in [7, 11) is 1.67. The summed E-state index contributed by atoms with van der Waals surface area (Å²) in [6.45, 7) is 10.5. The normalized spacial score (nSPS) is 14.5. The first kappa shape index (κ1) is 12.1. The lowest BCUT2D eigenvalue weighted by Gasteiger charge is -2.16. The van der Waals surface area contributed by atoms with Gasteiger partial charge in [-0.2, -0.15) is 0 Å². The largest absolute Gasteiger partial charge is 0.497 e. The number of ether oxygens (including phenoxy) is 2. The molecule has 0 aliphatic heterocycles. The van der Waals surface area contributed by atoms with Crippen LogP contribution >= 0.6 is 0 Å². The lowest BCUT2D eigenvalue weighted by molar-refractivity contribution is 0.176. The van der Waals surface area contributed by atoms with Gasteiger partial charge in [0.25, 0.3) is 0 Å². The Morgan fingerprint density at radius 1 is 1.46 bits per heavy atom. The highest BCUT2D eigenvalue weighted by Gasteiger charge is 2.12. The highest BCUT2D eigenvalue weighted by atomic mass is 16.5. The van der Waals surface area contributed by atoms with E-state index in [1.807, 2.05) is 6.92 Å². The van der Waals surface area contributed by atoms with Gasteiger partial charge < -0.3 is 9.47 Å². The molecule has 0 aromatic heterocycles. The Bertz CT molecular complexity index is 183. The summed E-state index contributed by atoms with van der Waals surface area (Å²) in [5.74, 6) is 2.03. The second-order valence-corrected chi connectivity index (χ2v) is 2.88. The topological polar surface area (TPSA) is 18.5 Å². The SMILES string of the molecule is C=CC(OCC)=C(OC)C(C)CC. The highest BCUT2D eigenvalue weighted by Crippen LogP contribution is 2.20. The summed E-state index contributed by atoms with van der Waals surface area (Å²) in [4.78, 5) is 0. The molecular weight excluding hydrogens is 164 g/mol. The third-order valence-corrected chi connectivity index (χ3v) is 2.01. The van der Waals surface area contributed by atoms with Crippen LogP contribution in [0, 0.1) is 5.92 Å². The Morgan fingerprint density at radius 2 is 2.08 bits per heavy atom. The van der Waals surface area contributed by atoms with Crippen molar-refractivity contribution in [2.45, 2.75) is 27.2 Å². The summed E-state index contributed by atoms with van der Waals surface area (Å²) in [6.07, 6.45) is 2.74. The van der Waals surface area contributed by atoms with Gasteiger partial charge in [-0.3, -0.25) is 0 Å². The molecule has 0 aromatic rings. The van der Waals surface area contributed by atoms with Crippen molar-refractivity contribution in [1.82, 2.24) is 0 Å². The summed E-state index contributed by atoms with van der Waals surface area (Å²) in [6, 6.07) is 0. The van der Waals surface area contributed by atoms with Gasteiger partial charge in [0.2, 0.25) is 0 Å². The van der Waals surface area contributed by atoms with Crippen LogP contribution in [-0.4, -0.2) is 13.7 Å². The third-order valence-electron chi connectivity index (χ3n) is 2.01. The molecule has 0 amide bonds. The Balaban J connectivity index is 4.69. The van der Waals surface area contributed by atoms with Crippen molar-refractivity contribution >= 4 is 0 Å². The molecule has 2 nitrogen and oxygen atoms in total. The maximum Gasteiger partial charge on any atom is 0.156 e. The molecule has 0 rings (SSSR count). The van der Waals surface area contributed by atoms with E-state index in [0.29, 0.717) is 12.5 Å². The maximum atomic E-state index is 5.40. The molecule has 1 unspecified atom stereocenters. The molecule has 0 radical (unpaired) electrons. The minimum absolute atomic E-state index is 0.379. The molecule has 0 aliphatic carbocycles. The van der Waals surface area contributed by atoms with Crippen LogP contribution in [-0.2, 0) is 9.47 Å². The fourth-order valence-corrected chi connectivity index (χ4v) is 1.12. The molecule has 0 bridgehead atoms. The van der Waals surface area contributed by atoms with Gasteiger partial charge in [-0.05, 0) is 19.4 Å². The molecule has 0 aliphatic rings. The Hall–Kier alpha value is -0.920. The standard InChI is InChI=1S/C11H20O2/c1-6-9(4)11(12-5)10(7-2)13-8-3/h7,9H,2,6,8H2,1,3-5H3. The predicted octanol–water partition coefficient (Wildman–Crippen LogP) is 3.11. The van der Waals surface area contributed by atoms with Crippen molar-refractivity contribution < 1.29 is 9.47 Å². The fraction of sp³-hybridized carbons (Fsp3) is 0.636. The average Bonchev–Trinajstić information content (AvgIpc) is 2.17. The first-order valence-electron chi connectivity index (χ1n) is 4.74. The smallest absolute Gasteiger partial charge is 0.156 e. The molecule has 0 saturated heterocycles. The van der Waals surface area contributed by atoms with Crippen LogP contribution in [0.4, 0.5) is 0 Å². The summed E-state index contributed by atoms with van der Waals surface area (Å²) in [5.41, 5.74) is 0. The zero-order valence-electron chi connectivity index (χ0n) is 9.09. The van der Waals surface area contributed by atoms with E-state index in [4.69, 9.17) is 9.47 Å². The van der Waals surface area contributed by atoms with Gasteiger partial charge >= 0.3 is 0 Å². The minimum Gasteiger partial charge on any atom is -0.497 e. The van der Waals surface area contributed by atoms with E-state index in [1.165, 1.54) is 0 Å². The van der Waals surface area contributed by atoms with Crippen molar-refractivity contribution in [3.63, 3.8) is 0 Å². The average molecular weight is 184 g/mol. The van der Waals surface area contributed by atoms with E-state index in [2.05, 4.69) is 20.4 Å². The van der Waals surface area contributed by atoms with E-state index in [1.54, 1.807) is 13.2 Å². The predicted molar refractivity (Wildman–Crippen MR) is 55.3 cm³/mol. The molecular formula is C11H20O2. The zero-order valence-corrected chi connectivity index (χ0v) is 9.09.